The number of hydrogen-bond donors (Lipinski definition) is 1. The molecule has 1 aromatic carbocycles. The van der Waals surface area contributed by atoms with Crippen LogP contribution >= 0.6 is 11.6 Å². The zero-order chi connectivity index (χ0) is 14.7. The van der Waals surface area contributed by atoms with E-state index in [-0.39, 0.29) is 12.2 Å². The van der Waals surface area contributed by atoms with Crippen molar-refractivity contribution >= 4 is 11.6 Å². The van der Waals surface area contributed by atoms with Gasteiger partial charge in [-0.15, -0.1) is 0 Å². The van der Waals surface area contributed by atoms with Gasteiger partial charge >= 0.3 is 0 Å². The highest BCUT2D eigenvalue weighted by Crippen LogP contribution is 2.43. The van der Waals surface area contributed by atoms with Crippen molar-refractivity contribution in [1.29, 1.82) is 0 Å². The maximum atomic E-state index is 6.43. The first-order valence-electron chi connectivity index (χ1n) is 7.65. The van der Waals surface area contributed by atoms with Crippen molar-refractivity contribution in [2.75, 3.05) is 26.8 Å². The quantitative estimate of drug-likeness (QED) is 0.926. The number of ether oxygens (including phenoxy) is 3. The fourth-order valence-electron chi connectivity index (χ4n) is 3.06. The van der Waals surface area contributed by atoms with Crippen LogP contribution in [-0.4, -0.2) is 32.9 Å². The van der Waals surface area contributed by atoms with Crippen molar-refractivity contribution in [2.24, 2.45) is 0 Å². The van der Waals surface area contributed by atoms with E-state index < -0.39 is 0 Å². The van der Waals surface area contributed by atoms with Gasteiger partial charge in [-0.05, 0) is 37.8 Å². The molecule has 1 N–H and O–H groups in total. The van der Waals surface area contributed by atoms with Crippen LogP contribution < -0.4 is 14.8 Å². The molecule has 4 nitrogen and oxygen atoms in total. The van der Waals surface area contributed by atoms with Crippen molar-refractivity contribution < 1.29 is 14.2 Å². The Morgan fingerprint density at radius 1 is 1.29 bits per heavy atom. The summed E-state index contributed by atoms with van der Waals surface area (Å²) < 4.78 is 17.6. The molecule has 2 aliphatic rings. The molecule has 0 bridgehead atoms. The van der Waals surface area contributed by atoms with E-state index in [1.807, 2.05) is 12.1 Å². The Balaban J connectivity index is 1.94. The predicted molar refractivity (Wildman–Crippen MR) is 82.5 cm³/mol. The van der Waals surface area contributed by atoms with Gasteiger partial charge in [0.25, 0.3) is 0 Å². The molecule has 1 saturated carbocycles. The highest BCUT2D eigenvalue weighted by atomic mass is 35.5. The Labute approximate surface area is 130 Å². The molecule has 0 aromatic heterocycles. The van der Waals surface area contributed by atoms with Crippen molar-refractivity contribution in [3.05, 3.63) is 22.7 Å². The summed E-state index contributed by atoms with van der Waals surface area (Å²) in [6, 6.07) is 3.72. The molecular formula is C16H22ClNO3. The van der Waals surface area contributed by atoms with Crippen LogP contribution in [0.25, 0.3) is 0 Å². The van der Waals surface area contributed by atoms with Gasteiger partial charge in [0.05, 0.1) is 24.8 Å². The topological polar surface area (TPSA) is 39.7 Å². The van der Waals surface area contributed by atoms with E-state index >= 15 is 0 Å². The summed E-state index contributed by atoms with van der Waals surface area (Å²) in [6.07, 6.45) is 4.82. The summed E-state index contributed by atoms with van der Waals surface area (Å²) in [6.45, 7) is 2.30. The summed E-state index contributed by atoms with van der Waals surface area (Å²) in [5, 5.41) is 4.02. The van der Waals surface area contributed by atoms with E-state index in [0.717, 1.165) is 43.0 Å². The zero-order valence-electron chi connectivity index (χ0n) is 12.4. The Kier molecular flexibility index (Phi) is 4.88. The average Bonchev–Trinajstić information content (AvgIpc) is 3.02. The minimum Gasteiger partial charge on any atom is -0.493 e. The molecule has 1 unspecified atom stereocenters. The lowest BCUT2D eigenvalue weighted by atomic mass is 10.1. The van der Waals surface area contributed by atoms with Crippen LogP contribution in [0.2, 0.25) is 5.02 Å². The molecule has 0 radical (unpaired) electrons. The van der Waals surface area contributed by atoms with Crippen LogP contribution in [0.15, 0.2) is 12.1 Å². The van der Waals surface area contributed by atoms with E-state index in [0.29, 0.717) is 11.6 Å². The molecule has 1 atom stereocenters. The second-order valence-corrected chi connectivity index (χ2v) is 5.99. The molecule has 116 valence electrons. The summed E-state index contributed by atoms with van der Waals surface area (Å²) in [5.41, 5.74) is 0.912. The van der Waals surface area contributed by atoms with Gasteiger partial charge in [0.1, 0.15) is 6.10 Å². The highest BCUT2D eigenvalue weighted by Gasteiger charge is 2.28. The Morgan fingerprint density at radius 3 is 2.76 bits per heavy atom. The van der Waals surface area contributed by atoms with E-state index in [4.69, 9.17) is 25.8 Å². The average molecular weight is 312 g/mol. The number of rotatable bonds is 4. The monoisotopic (exact) mass is 311 g/mol. The first-order chi connectivity index (χ1) is 10.3. The molecule has 3 rings (SSSR count). The SMILES string of the molecule is COc1ccc(Cl)c(C2CNCCO2)c1OC1CCCC1. The first-order valence-corrected chi connectivity index (χ1v) is 8.02. The number of halogens is 1. The molecule has 0 amide bonds. The van der Waals surface area contributed by atoms with Crippen LogP contribution in [0, 0.1) is 0 Å². The molecular weight excluding hydrogens is 290 g/mol. The van der Waals surface area contributed by atoms with Gasteiger partial charge in [-0.1, -0.05) is 11.6 Å². The summed E-state index contributed by atoms with van der Waals surface area (Å²) in [4.78, 5) is 0. The van der Waals surface area contributed by atoms with E-state index in [1.165, 1.54) is 12.8 Å². The Morgan fingerprint density at radius 2 is 2.10 bits per heavy atom. The lowest BCUT2D eigenvalue weighted by Gasteiger charge is -2.28. The standard InChI is InChI=1S/C16H22ClNO3/c1-19-13-7-6-12(17)15(14-10-18-8-9-20-14)16(13)21-11-4-2-3-5-11/h6-7,11,14,18H,2-5,8-10H2,1H3. The van der Waals surface area contributed by atoms with Crippen molar-refractivity contribution in [3.63, 3.8) is 0 Å². The number of benzene rings is 1. The Bertz CT molecular complexity index is 483. The van der Waals surface area contributed by atoms with Crippen molar-refractivity contribution in [3.8, 4) is 11.5 Å². The van der Waals surface area contributed by atoms with E-state index in [2.05, 4.69) is 5.32 Å². The molecule has 0 spiro atoms. The molecule has 1 aromatic rings. The molecule has 1 saturated heterocycles. The third-order valence-corrected chi connectivity index (χ3v) is 4.49. The molecule has 5 heteroatoms. The third-order valence-electron chi connectivity index (χ3n) is 4.16. The van der Waals surface area contributed by atoms with Gasteiger partial charge in [0, 0.05) is 18.7 Å². The third kappa shape index (κ3) is 3.28. The summed E-state index contributed by atoms with van der Waals surface area (Å²) in [7, 11) is 1.66. The van der Waals surface area contributed by atoms with Crippen LogP contribution in [0.3, 0.4) is 0 Å². The second-order valence-electron chi connectivity index (χ2n) is 5.58. The lowest BCUT2D eigenvalue weighted by Crippen LogP contribution is -2.34. The lowest BCUT2D eigenvalue weighted by molar-refractivity contribution is 0.0248. The van der Waals surface area contributed by atoms with Crippen LogP contribution in [0.5, 0.6) is 11.5 Å². The van der Waals surface area contributed by atoms with Gasteiger partial charge in [0.2, 0.25) is 0 Å². The number of morpholine rings is 1. The van der Waals surface area contributed by atoms with E-state index in [1.54, 1.807) is 7.11 Å². The van der Waals surface area contributed by atoms with Crippen LogP contribution in [-0.2, 0) is 4.74 Å². The van der Waals surface area contributed by atoms with Gasteiger partial charge in [-0.2, -0.15) is 0 Å². The van der Waals surface area contributed by atoms with Gasteiger partial charge in [-0.25, -0.2) is 0 Å². The first kappa shape index (κ1) is 14.9. The second kappa shape index (κ2) is 6.86. The summed E-state index contributed by atoms with van der Waals surface area (Å²) in [5.74, 6) is 1.49. The molecule has 21 heavy (non-hydrogen) atoms. The highest BCUT2D eigenvalue weighted by molar-refractivity contribution is 6.31. The molecule has 1 aliphatic carbocycles. The molecule has 1 heterocycles. The van der Waals surface area contributed by atoms with Gasteiger partial charge in [0.15, 0.2) is 11.5 Å². The maximum absolute atomic E-state index is 6.43. The smallest absolute Gasteiger partial charge is 0.168 e. The Hall–Kier alpha value is -0.970. The van der Waals surface area contributed by atoms with Gasteiger partial charge in [-0.3, -0.25) is 0 Å². The predicted octanol–water partition coefficient (Wildman–Crippen LogP) is 3.33. The number of nitrogens with one attached hydrogen (secondary N) is 1. The maximum Gasteiger partial charge on any atom is 0.168 e. The van der Waals surface area contributed by atoms with Crippen LogP contribution in [0.4, 0.5) is 0 Å². The van der Waals surface area contributed by atoms with Crippen LogP contribution in [0.1, 0.15) is 37.4 Å². The molecule has 1 aliphatic heterocycles. The largest absolute Gasteiger partial charge is 0.493 e. The van der Waals surface area contributed by atoms with Gasteiger partial charge < -0.3 is 19.5 Å². The number of methoxy groups -OCH3 is 1. The zero-order valence-corrected chi connectivity index (χ0v) is 13.1. The minimum absolute atomic E-state index is 0.0854. The fraction of sp³-hybridized carbons (Fsp3) is 0.625. The van der Waals surface area contributed by atoms with Crippen molar-refractivity contribution in [2.45, 2.75) is 37.9 Å². The normalized spacial score (nSPS) is 23.2. The number of hydrogen-bond acceptors (Lipinski definition) is 4. The molecule has 2 fully saturated rings. The van der Waals surface area contributed by atoms with Crippen molar-refractivity contribution in [1.82, 2.24) is 5.32 Å². The summed E-state index contributed by atoms with van der Waals surface area (Å²) >= 11 is 6.43. The minimum atomic E-state index is -0.0854. The van der Waals surface area contributed by atoms with E-state index in [9.17, 15) is 0 Å². The fourth-order valence-corrected chi connectivity index (χ4v) is 3.33.